The summed E-state index contributed by atoms with van der Waals surface area (Å²) < 4.78 is 26.5. The van der Waals surface area contributed by atoms with Crippen LogP contribution in [0.15, 0.2) is 24.3 Å². The molecule has 0 aliphatic heterocycles. The molecule has 20 heavy (non-hydrogen) atoms. The highest BCUT2D eigenvalue weighted by Crippen LogP contribution is 2.27. The molecule has 0 aliphatic rings. The van der Waals surface area contributed by atoms with Gasteiger partial charge < -0.3 is 5.32 Å². The smallest absolute Gasteiger partial charge is 0.263 e. The highest BCUT2D eigenvalue weighted by Gasteiger charge is 2.13. The number of rotatable bonds is 4. The van der Waals surface area contributed by atoms with E-state index in [1.54, 1.807) is 19.2 Å². The summed E-state index contributed by atoms with van der Waals surface area (Å²) in [5.74, 6) is 1.18. The molecule has 2 rings (SSSR count). The van der Waals surface area contributed by atoms with Crippen LogP contribution in [0.1, 0.15) is 24.6 Å². The average molecular weight is 389 g/mol. The number of aryl methyl sites for hydroxylation is 1. The Morgan fingerprint density at radius 3 is 2.65 bits per heavy atom. The number of aromatic nitrogens is 2. The lowest BCUT2D eigenvalue weighted by molar-refractivity contribution is 0.151. The van der Waals surface area contributed by atoms with E-state index in [2.05, 4.69) is 37.9 Å². The number of hydrogen-bond acceptors (Lipinski definition) is 3. The van der Waals surface area contributed by atoms with E-state index in [1.165, 1.54) is 12.1 Å². The second-order valence-electron chi connectivity index (χ2n) is 4.19. The minimum absolute atomic E-state index is 0.0197. The van der Waals surface area contributed by atoms with Crippen LogP contribution in [0.2, 0.25) is 0 Å². The van der Waals surface area contributed by atoms with Gasteiger partial charge in [0.05, 0.1) is 9.26 Å². The van der Waals surface area contributed by atoms with Crippen molar-refractivity contribution in [2.75, 3.05) is 12.4 Å². The van der Waals surface area contributed by atoms with E-state index in [4.69, 9.17) is 0 Å². The van der Waals surface area contributed by atoms with Gasteiger partial charge in [-0.3, -0.25) is 0 Å². The number of alkyl halides is 2. The van der Waals surface area contributed by atoms with Gasteiger partial charge in [0.1, 0.15) is 5.82 Å². The van der Waals surface area contributed by atoms with Crippen molar-refractivity contribution in [2.45, 2.75) is 19.8 Å². The van der Waals surface area contributed by atoms with Crippen LogP contribution < -0.4 is 5.32 Å². The Kier molecular flexibility index (Phi) is 4.85. The standard InChI is InChI=1S/C14H14F2IN3/c1-3-10-11(17)14(18-2)20-13(19-10)9-6-4-5-8(7-9)12(15)16/h4-7,12H,3H2,1-2H3,(H,18,19,20). The molecule has 106 valence electrons. The van der Waals surface area contributed by atoms with Crippen LogP contribution in [0.3, 0.4) is 0 Å². The molecule has 2 aromatic rings. The average Bonchev–Trinajstić information content (AvgIpc) is 2.47. The highest BCUT2D eigenvalue weighted by molar-refractivity contribution is 14.1. The summed E-state index contributed by atoms with van der Waals surface area (Å²) in [4.78, 5) is 8.86. The zero-order chi connectivity index (χ0) is 14.7. The van der Waals surface area contributed by atoms with Crippen molar-refractivity contribution in [1.29, 1.82) is 0 Å². The maximum absolute atomic E-state index is 12.8. The lowest BCUT2D eigenvalue weighted by Crippen LogP contribution is -2.05. The number of nitrogens with one attached hydrogen (secondary N) is 1. The van der Waals surface area contributed by atoms with Crippen molar-refractivity contribution in [3.05, 3.63) is 39.1 Å². The molecule has 0 saturated carbocycles. The Morgan fingerprint density at radius 1 is 1.30 bits per heavy atom. The third kappa shape index (κ3) is 3.05. The van der Waals surface area contributed by atoms with Gasteiger partial charge in [-0.25, -0.2) is 18.7 Å². The lowest BCUT2D eigenvalue weighted by Gasteiger charge is -2.10. The molecule has 1 heterocycles. The fraction of sp³-hybridized carbons (Fsp3) is 0.286. The molecule has 0 atom stereocenters. The van der Waals surface area contributed by atoms with E-state index in [0.29, 0.717) is 11.4 Å². The molecule has 3 nitrogen and oxygen atoms in total. The van der Waals surface area contributed by atoms with Crippen LogP contribution in [0.25, 0.3) is 11.4 Å². The zero-order valence-electron chi connectivity index (χ0n) is 11.1. The maximum atomic E-state index is 12.8. The molecule has 0 saturated heterocycles. The van der Waals surface area contributed by atoms with Crippen LogP contribution in [-0.2, 0) is 6.42 Å². The van der Waals surface area contributed by atoms with E-state index in [9.17, 15) is 8.78 Å². The SMILES string of the molecule is CCc1nc(-c2cccc(C(F)F)c2)nc(NC)c1I. The predicted molar refractivity (Wildman–Crippen MR) is 84.1 cm³/mol. The van der Waals surface area contributed by atoms with E-state index in [1.807, 2.05) is 6.92 Å². The third-order valence-electron chi connectivity index (χ3n) is 2.89. The molecule has 1 aromatic heterocycles. The first-order valence-corrected chi connectivity index (χ1v) is 7.27. The predicted octanol–water partition coefficient (Wildman–Crippen LogP) is 4.29. The minimum atomic E-state index is -2.49. The molecule has 0 aliphatic carbocycles. The molecule has 0 unspecified atom stereocenters. The van der Waals surface area contributed by atoms with Crippen molar-refractivity contribution in [1.82, 2.24) is 9.97 Å². The number of nitrogens with zero attached hydrogens (tertiary/aromatic N) is 2. The van der Waals surface area contributed by atoms with Crippen molar-refractivity contribution < 1.29 is 8.78 Å². The lowest BCUT2D eigenvalue weighted by atomic mass is 10.1. The van der Waals surface area contributed by atoms with Crippen LogP contribution in [0, 0.1) is 3.57 Å². The fourth-order valence-corrected chi connectivity index (χ4v) is 2.73. The Balaban J connectivity index is 2.54. The first kappa shape index (κ1) is 15.1. The molecule has 0 fully saturated rings. The minimum Gasteiger partial charge on any atom is -0.372 e. The fourth-order valence-electron chi connectivity index (χ4n) is 1.84. The van der Waals surface area contributed by atoms with Crippen LogP contribution in [0.5, 0.6) is 0 Å². The number of benzene rings is 1. The van der Waals surface area contributed by atoms with E-state index in [-0.39, 0.29) is 5.56 Å². The quantitative estimate of drug-likeness (QED) is 0.793. The van der Waals surface area contributed by atoms with Gasteiger partial charge in [-0.1, -0.05) is 25.1 Å². The largest absolute Gasteiger partial charge is 0.372 e. The summed E-state index contributed by atoms with van der Waals surface area (Å²) in [6, 6.07) is 6.18. The van der Waals surface area contributed by atoms with Gasteiger partial charge >= 0.3 is 0 Å². The molecule has 1 aromatic carbocycles. The van der Waals surface area contributed by atoms with Gasteiger partial charge in [0, 0.05) is 18.2 Å². The van der Waals surface area contributed by atoms with Gasteiger partial charge in [0.15, 0.2) is 5.82 Å². The monoisotopic (exact) mass is 389 g/mol. The Labute approximate surface area is 130 Å². The van der Waals surface area contributed by atoms with E-state index < -0.39 is 6.43 Å². The van der Waals surface area contributed by atoms with Crippen molar-refractivity contribution in [2.24, 2.45) is 0 Å². The number of hydrogen-bond donors (Lipinski definition) is 1. The molecule has 0 bridgehead atoms. The first-order chi connectivity index (χ1) is 9.56. The number of halogens is 3. The van der Waals surface area contributed by atoms with Crippen molar-refractivity contribution in [3.8, 4) is 11.4 Å². The van der Waals surface area contributed by atoms with Crippen LogP contribution in [-0.4, -0.2) is 17.0 Å². The molecule has 0 amide bonds. The second-order valence-corrected chi connectivity index (χ2v) is 5.26. The maximum Gasteiger partial charge on any atom is 0.263 e. The summed E-state index contributed by atoms with van der Waals surface area (Å²) in [5, 5.41) is 3.01. The molecule has 1 N–H and O–H groups in total. The van der Waals surface area contributed by atoms with E-state index in [0.717, 1.165) is 21.5 Å². The second kappa shape index (κ2) is 6.43. The summed E-state index contributed by atoms with van der Waals surface area (Å²) in [7, 11) is 1.78. The zero-order valence-corrected chi connectivity index (χ0v) is 13.3. The van der Waals surface area contributed by atoms with Gasteiger partial charge in [-0.2, -0.15) is 0 Å². The molecular weight excluding hydrogens is 375 g/mol. The number of anilines is 1. The molecule has 0 radical (unpaired) electrons. The summed E-state index contributed by atoms with van der Waals surface area (Å²) in [5.41, 5.74) is 1.49. The Hall–Kier alpha value is -1.31. The van der Waals surface area contributed by atoms with Crippen molar-refractivity contribution >= 4 is 28.4 Å². The van der Waals surface area contributed by atoms with Gasteiger partial charge in [0.2, 0.25) is 0 Å². The highest BCUT2D eigenvalue weighted by atomic mass is 127. The van der Waals surface area contributed by atoms with Crippen LogP contribution in [0.4, 0.5) is 14.6 Å². The first-order valence-electron chi connectivity index (χ1n) is 6.19. The third-order valence-corrected chi connectivity index (χ3v) is 4.02. The molecule has 0 spiro atoms. The summed E-state index contributed by atoms with van der Waals surface area (Å²) in [6.07, 6.45) is -1.73. The Bertz CT molecular complexity index is 592. The van der Waals surface area contributed by atoms with Crippen LogP contribution >= 0.6 is 22.6 Å². The Morgan fingerprint density at radius 2 is 2.05 bits per heavy atom. The topological polar surface area (TPSA) is 37.8 Å². The van der Waals surface area contributed by atoms with Gasteiger partial charge in [-0.05, 0) is 35.1 Å². The molecular formula is C14H14F2IN3. The summed E-state index contributed by atoms with van der Waals surface area (Å²) in [6.45, 7) is 2.00. The summed E-state index contributed by atoms with van der Waals surface area (Å²) >= 11 is 2.19. The van der Waals surface area contributed by atoms with E-state index >= 15 is 0 Å². The van der Waals surface area contributed by atoms with Crippen molar-refractivity contribution in [3.63, 3.8) is 0 Å². The normalized spacial score (nSPS) is 10.9. The van der Waals surface area contributed by atoms with Gasteiger partial charge in [0.25, 0.3) is 6.43 Å². The van der Waals surface area contributed by atoms with Gasteiger partial charge in [-0.15, -0.1) is 0 Å². The molecule has 6 heteroatoms.